The highest BCUT2D eigenvalue weighted by Crippen LogP contribution is 2.34. The number of benzene rings is 3. The van der Waals surface area contributed by atoms with Crippen molar-refractivity contribution in [1.29, 1.82) is 0 Å². The van der Waals surface area contributed by atoms with Crippen molar-refractivity contribution in [2.75, 3.05) is 12.4 Å². The summed E-state index contributed by atoms with van der Waals surface area (Å²) in [5.41, 5.74) is 3.09. The Kier molecular flexibility index (Phi) is 5.81. The summed E-state index contributed by atoms with van der Waals surface area (Å²) in [5.74, 6) is 1.31. The molecule has 0 bridgehead atoms. The number of hydrogen-bond donors (Lipinski definition) is 1. The fourth-order valence-corrected chi connectivity index (χ4v) is 2.69. The van der Waals surface area contributed by atoms with E-state index in [4.69, 9.17) is 21.1 Å². The van der Waals surface area contributed by atoms with Gasteiger partial charge in [-0.1, -0.05) is 60.1 Å². The largest absolute Gasteiger partial charge is 0.493 e. The fourth-order valence-electron chi connectivity index (χ4n) is 2.47. The minimum atomic E-state index is 0.467. The highest BCUT2D eigenvalue weighted by Gasteiger charge is 2.11. The lowest BCUT2D eigenvalue weighted by Crippen LogP contribution is -2.02. The van der Waals surface area contributed by atoms with Crippen molar-refractivity contribution < 1.29 is 9.47 Å². The van der Waals surface area contributed by atoms with Crippen LogP contribution in [0.2, 0.25) is 5.02 Å². The number of halogens is 1. The van der Waals surface area contributed by atoms with Crippen LogP contribution in [0.4, 0.5) is 5.69 Å². The summed E-state index contributed by atoms with van der Waals surface area (Å²) in [5, 5.41) is 4.00. The molecule has 128 valence electrons. The fraction of sp³-hybridized carbons (Fsp3) is 0.143. The van der Waals surface area contributed by atoms with Gasteiger partial charge in [0.15, 0.2) is 11.5 Å². The molecule has 0 saturated carbocycles. The quantitative estimate of drug-likeness (QED) is 0.605. The van der Waals surface area contributed by atoms with Crippen molar-refractivity contribution in [3.63, 3.8) is 0 Å². The molecule has 3 nitrogen and oxygen atoms in total. The summed E-state index contributed by atoms with van der Waals surface area (Å²) < 4.78 is 11.4. The van der Waals surface area contributed by atoms with Gasteiger partial charge in [0.25, 0.3) is 0 Å². The molecule has 0 amide bonds. The molecule has 0 aromatic heterocycles. The van der Waals surface area contributed by atoms with Crippen LogP contribution in [0.3, 0.4) is 0 Å². The van der Waals surface area contributed by atoms with Gasteiger partial charge in [0.1, 0.15) is 6.61 Å². The molecule has 3 aromatic rings. The van der Waals surface area contributed by atoms with Crippen molar-refractivity contribution in [2.24, 2.45) is 0 Å². The average molecular weight is 354 g/mol. The van der Waals surface area contributed by atoms with Crippen LogP contribution in [0.25, 0.3) is 0 Å². The van der Waals surface area contributed by atoms with Crippen molar-refractivity contribution in [2.45, 2.75) is 13.2 Å². The van der Waals surface area contributed by atoms with E-state index in [1.54, 1.807) is 7.11 Å². The van der Waals surface area contributed by atoms with E-state index in [0.29, 0.717) is 29.7 Å². The molecule has 25 heavy (non-hydrogen) atoms. The number of anilines is 1. The van der Waals surface area contributed by atoms with E-state index in [2.05, 4.69) is 5.32 Å². The van der Waals surface area contributed by atoms with Crippen LogP contribution < -0.4 is 14.8 Å². The molecule has 0 unspecified atom stereocenters. The van der Waals surface area contributed by atoms with Crippen molar-refractivity contribution in [3.8, 4) is 11.5 Å². The Hall–Kier alpha value is -2.65. The van der Waals surface area contributed by atoms with Gasteiger partial charge in [0, 0.05) is 23.3 Å². The molecule has 0 heterocycles. The Morgan fingerprint density at radius 2 is 1.56 bits per heavy atom. The van der Waals surface area contributed by atoms with Gasteiger partial charge in [-0.3, -0.25) is 0 Å². The Morgan fingerprint density at radius 1 is 0.880 bits per heavy atom. The standard InChI is InChI=1S/C21H20ClNO2/c1-24-20-12-17(14-23-18-10-6-3-7-11-18)19(22)13-21(20)25-15-16-8-4-2-5-9-16/h2-13,23H,14-15H2,1H3. The number of hydrogen-bond acceptors (Lipinski definition) is 3. The van der Waals surface area contributed by atoms with E-state index < -0.39 is 0 Å². The van der Waals surface area contributed by atoms with Crippen molar-refractivity contribution in [1.82, 2.24) is 0 Å². The van der Waals surface area contributed by atoms with E-state index in [1.807, 2.05) is 72.8 Å². The maximum Gasteiger partial charge on any atom is 0.163 e. The lowest BCUT2D eigenvalue weighted by Gasteiger charge is -2.15. The Labute approximate surface area is 153 Å². The first-order valence-corrected chi connectivity index (χ1v) is 8.46. The summed E-state index contributed by atoms with van der Waals surface area (Å²) in [6.07, 6.45) is 0. The number of rotatable bonds is 7. The molecule has 0 aliphatic heterocycles. The molecule has 4 heteroatoms. The maximum absolute atomic E-state index is 6.43. The molecular weight excluding hydrogens is 334 g/mol. The molecule has 3 rings (SSSR count). The number of methoxy groups -OCH3 is 1. The van der Waals surface area contributed by atoms with Crippen LogP contribution in [0.15, 0.2) is 72.8 Å². The molecule has 0 atom stereocenters. The first-order chi connectivity index (χ1) is 12.3. The lowest BCUT2D eigenvalue weighted by molar-refractivity contribution is 0.284. The third-order valence-electron chi connectivity index (χ3n) is 3.83. The first-order valence-electron chi connectivity index (χ1n) is 8.08. The van der Waals surface area contributed by atoms with Crippen LogP contribution in [-0.4, -0.2) is 7.11 Å². The van der Waals surface area contributed by atoms with Gasteiger partial charge in [-0.15, -0.1) is 0 Å². The summed E-state index contributed by atoms with van der Waals surface area (Å²) in [4.78, 5) is 0. The van der Waals surface area contributed by atoms with Crippen LogP contribution in [-0.2, 0) is 13.2 Å². The SMILES string of the molecule is COc1cc(CNc2ccccc2)c(Cl)cc1OCc1ccccc1. The third-order valence-corrected chi connectivity index (χ3v) is 4.18. The van der Waals surface area contributed by atoms with E-state index in [0.717, 1.165) is 16.8 Å². The Balaban J connectivity index is 1.71. The monoisotopic (exact) mass is 353 g/mol. The second-order valence-electron chi connectivity index (χ2n) is 5.59. The van der Waals surface area contributed by atoms with E-state index in [-0.39, 0.29) is 0 Å². The Morgan fingerprint density at radius 3 is 2.24 bits per heavy atom. The number of para-hydroxylation sites is 1. The van der Waals surface area contributed by atoms with Gasteiger partial charge < -0.3 is 14.8 Å². The predicted octanol–water partition coefficient (Wildman–Crippen LogP) is 5.54. The molecule has 0 saturated heterocycles. The van der Waals surface area contributed by atoms with E-state index >= 15 is 0 Å². The zero-order valence-corrected chi connectivity index (χ0v) is 14.8. The first kappa shape index (κ1) is 17.2. The highest BCUT2D eigenvalue weighted by atomic mass is 35.5. The van der Waals surface area contributed by atoms with Gasteiger partial charge in [-0.25, -0.2) is 0 Å². The van der Waals surface area contributed by atoms with E-state index in [9.17, 15) is 0 Å². The van der Waals surface area contributed by atoms with Gasteiger partial charge in [0.2, 0.25) is 0 Å². The molecule has 1 N–H and O–H groups in total. The second-order valence-corrected chi connectivity index (χ2v) is 6.00. The molecule has 0 radical (unpaired) electrons. The minimum Gasteiger partial charge on any atom is -0.493 e. The van der Waals surface area contributed by atoms with Crippen LogP contribution >= 0.6 is 11.6 Å². The number of nitrogens with one attached hydrogen (secondary N) is 1. The second kappa shape index (κ2) is 8.45. The predicted molar refractivity (Wildman–Crippen MR) is 103 cm³/mol. The smallest absolute Gasteiger partial charge is 0.163 e. The Bertz CT molecular complexity index is 807. The van der Waals surface area contributed by atoms with Crippen molar-refractivity contribution >= 4 is 17.3 Å². The van der Waals surface area contributed by atoms with Crippen LogP contribution in [0.1, 0.15) is 11.1 Å². The molecule has 0 spiro atoms. The van der Waals surface area contributed by atoms with Gasteiger partial charge in [0.05, 0.1) is 7.11 Å². The zero-order valence-electron chi connectivity index (χ0n) is 14.0. The van der Waals surface area contributed by atoms with Gasteiger partial charge >= 0.3 is 0 Å². The molecule has 3 aromatic carbocycles. The summed E-state index contributed by atoms with van der Waals surface area (Å²) in [6, 6.07) is 23.7. The van der Waals surface area contributed by atoms with Crippen LogP contribution in [0, 0.1) is 0 Å². The van der Waals surface area contributed by atoms with Crippen molar-refractivity contribution in [3.05, 3.63) is 88.9 Å². The third kappa shape index (κ3) is 4.68. The highest BCUT2D eigenvalue weighted by molar-refractivity contribution is 6.31. The topological polar surface area (TPSA) is 30.5 Å². The summed E-state index contributed by atoms with van der Waals surface area (Å²) >= 11 is 6.43. The molecule has 0 aliphatic carbocycles. The van der Waals surface area contributed by atoms with Gasteiger partial charge in [-0.05, 0) is 29.3 Å². The zero-order chi connectivity index (χ0) is 17.5. The number of ether oxygens (including phenoxy) is 2. The molecule has 0 fully saturated rings. The normalized spacial score (nSPS) is 10.3. The minimum absolute atomic E-state index is 0.467. The lowest BCUT2D eigenvalue weighted by atomic mass is 10.2. The van der Waals surface area contributed by atoms with Gasteiger partial charge in [-0.2, -0.15) is 0 Å². The summed E-state index contributed by atoms with van der Waals surface area (Å²) in [6.45, 7) is 1.08. The van der Waals surface area contributed by atoms with E-state index in [1.165, 1.54) is 0 Å². The van der Waals surface area contributed by atoms with Crippen LogP contribution in [0.5, 0.6) is 11.5 Å². The maximum atomic E-state index is 6.43. The summed E-state index contributed by atoms with van der Waals surface area (Å²) in [7, 11) is 1.63. The molecule has 0 aliphatic rings. The average Bonchev–Trinajstić information content (AvgIpc) is 2.67. The molecular formula is C21H20ClNO2.